The number of aliphatic hydroxyl groups excluding tert-OH is 1. The van der Waals surface area contributed by atoms with Crippen LogP contribution in [0.5, 0.6) is 5.75 Å². The number of halogens is 1. The Kier molecular flexibility index (Phi) is 14.0. The number of sulfonamides is 1. The molecule has 1 saturated carbocycles. The lowest BCUT2D eigenvalue weighted by atomic mass is 9.96. The molecule has 0 spiro atoms. The number of nitrogens with zero attached hydrogens (tertiary/aromatic N) is 2. The first kappa shape index (κ1) is 37.9. The van der Waals surface area contributed by atoms with Gasteiger partial charge in [0, 0.05) is 49.4 Å². The summed E-state index contributed by atoms with van der Waals surface area (Å²) in [5.41, 5.74) is 0.717. The molecule has 0 bridgehead atoms. The topological polar surface area (TPSA) is 138 Å². The molecule has 0 unspecified atom stereocenters. The zero-order chi connectivity index (χ0) is 34.8. The highest BCUT2D eigenvalue weighted by Gasteiger charge is 2.32. The van der Waals surface area contributed by atoms with Gasteiger partial charge in [0.1, 0.15) is 5.75 Å². The minimum absolute atomic E-state index is 0.0575. The van der Waals surface area contributed by atoms with Crippen LogP contribution in [0, 0.1) is 5.92 Å². The van der Waals surface area contributed by atoms with E-state index in [0.717, 1.165) is 38.5 Å². The zero-order valence-electron chi connectivity index (χ0n) is 28.5. The van der Waals surface area contributed by atoms with Gasteiger partial charge < -0.3 is 30.1 Å². The van der Waals surface area contributed by atoms with E-state index < -0.39 is 22.2 Å². The van der Waals surface area contributed by atoms with Gasteiger partial charge >= 0.3 is 6.03 Å². The number of aliphatic hydroxyl groups is 1. The second kappa shape index (κ2) is 17.7. The van der Waals surface area contributed by atoms with Gasteiger partial charge in [-0.3, -0.25) is 4.79 Å². The minimum Gasteiger partial charge on any atom is -0.490 e. The number of nitrogens with one attached hydrogen (secondary N) is 2. The van der Waals surface area contributed by atoms with Gasteiger partial charge in [-0.05, 0) is 88.4 Å². The molecular weight excluding hydrogens is 656 g/mol. The fraction of sp³-hybridized carbons (Fsp3) is 0.600. The molecule has 2 aromatic rings. The van der Waals surface area contributed by atoms with Gasteiger partial charge in [0.05, 0.1) is 35.3 Å². The maximum atomic E-state index is 14.4. The lowest BCUT2D eigenvalue weighted by Gasteiger charge is -2.35. The summed E-state index contributed by atoms with van der Waals surface area (Å²) >= 11 is 5.99. The summed E-state index contributed by atoms with van der Waals surface area (Å²) in [6.45, 7) is 5.97. The number of anilines is 1. The maximum absolute atomic E-state index is 14.4. The number of benzene rings is 2. The fourth-order valence-corrected chi connectivity index (χ4v) is 7.51. The second-order valence-electron chi connectivity index (χ2n) is 13.2. The van der Waals surface area contributed by atoms with Gasteiger partial charge in [0.15, 0.2) is 0 Å². The van der Waals surface area contributed by atoms with E-state index in [1.54, 1.807) is 30.0 Å². The Labute approximate surface area is 290 Å². The predicted molar refractivity (Wildman–Crippen MR) is 187 cm³/mol. The molecule has 1 heterocycles. The van der Waals surface area contributed by atoms with Crippen LogP contribution in [-0.2, 0) is 14.8 Å². The Hall–Kier alpha value is -2.90. The van der Waals surface area contributed by atoms with E-state index in [2.05, 4.69) is 10.6 Å². The third-order valence-electron chi connectivity index (χ3n) is 9.21. The molecule has 2 aromatic carbocycles. The molecule has 2 aliphatic rings. The second-order valence-corrected chi connectivity index (χ2v) is 15.7. The first-order valence-electron chi connectivity index (χ1n) is 17.0. The van der Waals surface area contributed by atoms with Crippen LogP contribution in [-0.4, -0.2) is 92.3 Å². The normalized spacial score (nSPS) is 22.7. The van der Waals surface area contributed by atoms with Crippen LogP contribution in [0.25, 0.3) is 0 Å². The molecule has 0 aromatic heterocycles. The van der Waals surface area contributed by atoms with Crippen LogP contribution in [0.2, 0.25) is 5.02 Å². The monoisotopic (exact) mass is 706 g/mol. The number of hydrogen-bond donors (Lipinski definition) is 3. The summed E-state index contributed by atoms with van der Waals surface area (Å²) in [5.74, 6) is -0.299. The van der Waals surface area contributed by atoms with Crippen LogP contribution in [0.1, 0.15) is 82.5 Å². The van der Waals surface area contributed by atoms with E-state index in [9.17, 15) is 23.1 Å². The van der Waals surface area contributed by atoms with Crippen LogP contribution in [0.3, 0.4) is 0 Å². The van der Waals surface area contributed by atoms with Crippen molar-refractivity contribution in [1.29, 1.82) is 0 Å². The third kappa shape index (κ3) is 10.3. The smallest absolute Gasteiger partial charge is 0.319 e. The highest BCUT2D eigenvalue weighted by molar-refractivity contribution is 7.89. The first-order valence-corrected chi connectivity index (χ1v) is 18.8. The van der Waals surface area contributed by atoms with E-state index in [4.69, 9.17) is 21.1 Å². The standard InChI is InChI=1S/C35H51ClN4O7S/c1-24-21-40(25(2)23-41)34(42)31-20-29(38-35(43)37-28-11-6-5-7-12-28)15-18-32(31)47-26(3)10-8-9-19-46-33(24)22-39(4)48(44,45)30-16-13-27(36)14-17-30/h13-18,20,24-26,28,33,41H,5-12,19,21-23H2,1-4H3,(H2,37,38,43)/t24-,25+,26+,33-/m0/s1. The van der Waals surface area contributed by atoms with E-state index in [0.29, 0.717) is 29.5 Å². The molecule has 48 heavy (non-hydrogen) atoms. The number of ether oxygens (including phenoxy) is 2. The SMILES string of the molecule is C[C@@H]1CCCCO[C@@H](CN(C)S(=O)(=O)c2ccc(Cl)cc2)[C@@H](C)CN([C@H](C)CO)C(=O)c2cc(NC(=O)NC3CCCCC3)ccc2O1. The number of likely N-dealkylation sites (N-methyl/N-ethyl adjacent to an activating group) is 1. The average Bonchev–Trinajstić information content (AvgIpc) is 3.06. The number of carbonyl (C=O) groups is 2. The lowest BCUT2D eigenvalue weighted by Crippen LogP contribution is -2.48. The Bertz CT molecular complexity index is 1470. The minimum atomic E-state index is -3.84. The van der Waals surface area contributed by atoms with Gasteiger partial charge in [-0.25, -0.2) is 13.2 Å². The molecule has 1 aliphatic carbocycles. The van der Waals surface area contributed by atoms with Gasteiger partial charge in [0.2, 0.25) is 10.0 Å². The van der Waals surface area contributed by atoms with Crippen molar-refractivity contribution < 1.29 is 32.6 Å². The molecule has 13 heteroatoms. The van der Waals surface area contributed by atoms with E-state index >= 15 is 0 Å². The summed E-state index contributed by atoms with van der Waals surface area (Å²) < 4.78 is 40.7. The highest BCUT2D eigenvalue weighted by atomic mass is 35.5. The Morgan fingerprint density at radius 1 is 1.06 bits per heavy atom. The summed E-state index contributed by atoms with van der Waals surface area (Å²) in [6, 6.07) is 10.3. The summed E-state index contributed by atoms with van der Waals surface area (Å²) in [5, 5.41) is 16.6. The number of amides is 3. The van der Waals surface area contributed by atoms with Crippen molar-refractivity contribution in [3.05, 3.63) is 53.1 Å². The number of rotatable bonds is 8. The zero-order valence-corrected chi connectivity index (χ0v) is 30.1. The van der Waals surface area contributed by atoms with Crippen LogP contribution in [0.4, 0.5) is 10.5 Å². The van der Waals surface area contributed by atoms with Crippen molar-refractivity contribution in [2.24, 2.45) is 5.92 Å². The predicted octanol–water partition coefficient (Wildman–Crippen LogP) is 5.91. The molecule has 3 N–H and O–H groups in total. The fourth-order valence-electron chi connectivity index (χ4n) is 6.20. The molecule has 3 amide bonds. The molecule has 0 radical (unpaired) electrons. The highest BCUT2D eigenvalue weighted by Crippen LogP contribution is 2.29. The summed E-state index contributed by atoms with van der Waals surface area (Å²) in [7, 11) is -2.33. The molecule has 11 nitrogen and oxygen atoms in total. The number of urea groups is 1. The largest absolute Gasteiger partial charge is 0.490 e. The van der Waals surface area contributed by atoms with Crippen LogP contribution >= 0.6 is 11.6 Å². The maximum Gasteiger partial charge on any atom is 0.319 e. The average molecular weight is 707 g/mol. The third-order valence-corrected chi connectivity index (χ3v) is 11.3. The number of carbonyl (C=O) groups excluding carboxylic acids is 2. The molecule has 4 rings (SSSR count). The van der Waals surface area contributed by atoms with Crippen molar-refractivity contribution in [1.82, 2.24) is 14.5 Å². The van der Waals surface area contributed by atoms with Crippen molar-refractivity contribution in [3.63, 3.8) is 0 Å². The molecule has 1 fully saturated rings. The summed E-state index contributed by atoms with van der Waals surface area (Å²) in [6.07, 6.45) is 6.75. The van der Waals surface area contributed by atoms with Crippen LogP contribution in [0.15, 0.2) is 47.4 Å². The van der Waals surface area contributed by atoms with Crippen molar-refractivity contribution in [2.45, 2.75) is 101 Å². The molecule has 0 saturated heterocycles. The number of hydrogen-bond acceptors (Lipinski definition) is 7. The van der Waals surface area contributed by atoms with Gasteiger partial charge in [-0.15, -0.1) is 0 Å². The Balaban J connectivity index is 1.60. The summed E-state index contributed by atoms with van der Waals surface area (Å²) in [4.78, 5) is 28.9. The Morgan fingerprint density at radius 3 is 2.44 bits per heavy atom. The molecule has 4 atom stereocenters. The van der Waals surface area contributed by atoms with Crippen molar-refractivity contribution in [2.75, 3.05) is 38.7 Å². The lowest BCUT2D eigenvalue weighted by molar-refractivity contribution is -0.00833. The van der Waals surface area contributed by atoms with Gasteiger partial charge in [-0.1, -0.05) is 37.8 Å². The Morgan fingerprint density at radius 2 is 1.75 bits per heavy atom. The molecule has 1 aliphatic heterocycles. The number of fused-ring (bicyclic) bond motifs is 1. The van der Waals surface area contributed by atoms with E-state index in [-0.39, 0.29) is 60.2 Å². The van der Waals surface area contributed by atoms with Crippen molar-refractivity contribution >= 4 is 39.2 Å². The van der Waals surface area contributed by atoms with E-state index in [1.165, 1.54) is 42.0 Å². The molecule has 266 valence electrons. The van der Waals surface area contributed by atoms with Gasteiger partial charge in [-0.2, -0.15) is 4.31 Å². The van der Waals surface area contributed by atoms with Crippen molar-refractivity contribution in [3.8, 4) is 5.75 Å². The van der Waals surface area contributed by atoms with Crippen LogP contribution < -0.4 is 15.4 Å². The quantitative estimate of drug-likeness (QED) is 0.310. The first-order chi connectivity index (χ1) is 22.9. The van der Waals surface area contributed by atoms with Gasteiger partial charge in [0.25, 0.3) is 5.91 Å². The molecular formula is C35H51ClN4O7S. The van der Waals surface area contributed by atoms with E-state index in [1.807, 2.05) is 13.8 Å².